The van der Waals surface area contributed by atoms with Crippen molar-refractivity contribution in [2.75, 3.05) is 0 Å². The molecule has 0 heterocycles. The van der Waals surface area contributed by atoms with Crippen LogP contribution in [0, 0.1) is 0 Å². The molecule has 0 fully saturated rings. The average molecular weight is 237 g/mol. The molecular weight excluding hydrogens is 222 g/mol. The van der Waals surface area contributed by atoms with E-state index in [1.807, 2.05) is 36.4 Å². The molecule has 0 radical (unpaired) electrons. The summed E-state index contributed by atoms with van der Waals surface area (Å²) >= 11 is 0. The van der Waals surface area contributed by atoms with Crippen LogP contribution in [0.5, 0.6) is 0 Å². The van der Waals surface area contributed by atoms with Crippen molar-refractivity contribution in [2.24, 2.45) is 5.16 Å². The van der Waals surface area contributed by atoms with Crippen molar-refractivity contribution in [1.82, 2.24) is 0 Å². The van der Waals surface area contributed by atoms with Gasteiger partial charge in [-0.2, -0.15) is 0 Å². The van der Waals surface area contributed by atoms with Gasteiger partial charge in [0.1, 0.15) is 0 Å². The van der Waals surface area contributed by atoms with E-state index >= 15 is 0 Å². The van der Waals surface area contributed by atoms with E-state index < -0.39 is 0 Å². The van der Waals surface area contributed by atoms with Crippen LogP contribution >= 0.6 is 0 Å². The first-order valence-corrected chi connectivity index (χ1v) is 6.25. The number of benzene rings is 2. The summed E-state index contributed by atoms with van der Waals surface area (Å²) in [6, 6.07) is 18.5. The van der Waals surface area contributed by atoms with Crippen LogP contribution in [-0.4, -0.2) is 10.9 Å². The van der Waals surface area contributed by atoms with E-state index in [0.29, 0.717) is 0 Å². The van der Waals surface area contributed by atoms with E-state index in [1.165, 1.54) is 11.1 Å². The van der Waals surface area contributed by atoms with Gasteiger partial charge in [-0.1, -0.05) is 59.8 Å². The molecule has 1 aliphatic rings. The minimum absolute atomic E-state index is 0.200. The molecule has 3 rings (SSSR count). The topological polar surface area (TPSA) is 32.6 Å². The molecule has 90 valence electrons. The monoisotopic (exact) mass is 237 g/mol. The van der Waals surface area contributed by atoms with Gasteiger partial charge in [-0.25, -0.2) is 0 Å². The molecule has 1 aliphatic carbocycles. The van der Waals surface area contributed by atoms with Crippen LogP contribution in [0.15, 0.2) is 59.8 Å². The van der Waals surface area contributed by atoms with Crippen molar-refractivity contribution in [3.8, 4) is 0 Å². The molecule has 0 amide bonds. The molecule has 0 spiro atoms. The quantitative estimate of drug-likeness (QED) is 0.596. The molecule has 18 heavy (non-hydrogen) atoms. The third-order valence-electron chi connectivity index (χ3n) is 3.64. The van der Waals surface area contributed by atoms with Crippen LogP contribution in [0.25, 0.3) is 0 Å². The molecule has 0 aromatic heterocycles. The van der Waals surface area contributed by atoms with Crippen molar-refractivity contribution in [1.29, 1.82) is 0 Å². The predicted octanol–water partition coefficient (Wildman–Crippen LogP) is 3.59. The fourth-order valence-corrected chi connectivity index (χ4v) is 2.75. The zero-order valence-corrected chi connectivity index (χ0v) is 10.1. The molecule has 0 saturated heterocycles. The van der Waals surface area contributed by atoms with Crippen LogP contribution in [-0.2, 0) is 6.42 Å². The van der Waals surface area contributed by atoms with E-state index in [-0.39, 0.29) is 5.92 Å². The number of nitrogens with zero attached hydrogens (tertiary/aromatic N) is 1. The van der Waals surface area contributed by atoms with E-state index in [1.54, 1.807) is 0 Å². The summed E-state index contributed by atoms with van der Waals surface area (Å²) in [6.07, 6.45) is 2.04. The molecule has 1 unspecified atom stereocenters. The Morgan fingerprint density at radius 2 is 1.67 bits per heavy atom. The maximum absolute atomic E-state index is 9.36. The summed E-state index contributed by atoms with van der Waals surface area (Å²) in [5, 5.41) is 12.9. The van der Waals surface area contributed by atoms with Gasteiger partial charge in [0.15, 0.2) is 0 Å². The van der Waals surface area contributed by atoms with E-state index in [2.05, 4.69) is 23.4 Å². The van der Waals surface area contributed by atoms with Gasteiger partial charge in [-0.3, -0.25) is 0 Å². The summed E-state index contributed by atoms with van der Waals surface area (Å²) < 4.78 is 0. The van der Waals surface area contributed by atoms with Gasteiger partial charge in [0, 0.05) is 11.5 Å². The van der Waals surface area contributed by atoms with Gasteiger partial charge in [-0.15, -0.1) is 0 Å². The first-order chi connectivity index (χ1) is 8.90. The lowest BCUT2D eigenvalue weighted by atomic mass is 9.78. The maximum Gasteiger partial charge on any atom is 0.0945 e. The zero-order chi connectivity index (χ0) is 12.4. The number of oxime groups is 1. The Hall–Kier alpha value is -2.09. The number of rotatable bonds is 1. The highest BCUT2D eigenvalue weighted by atomic mass is 16.4. The van der Waals surface area contributed by atoms with Gasteiger partial charge in [-0.05, 0) is 24.0 Å². The lowest BCUT2D eigenvalue weighted by molar-refractivity contribution is 0.316. The lowest BCUT2D eigenvalue weighted by Crippen LogP contribution is -2.21. The molecular formula is C16H15NO. The minimum atomic E-state index is 0.200. The van der Waals surface area contributed by atoms with Crippen LogP contribution in [0.2, 0.25) is 0 Å². The number of aryl methyl sites for hydroxylation is 1. The van der Waals surface area contributed by atoms with E-state index in [0.717, 1.165) is 24.1 Å². The van der Waals surface area contributed by atoms with Crippen LogP contribution in [0.1, 0.15) is 29.0 Å². The maximum atomic E-state index is 9.36. The zero-order valence-electron chi connectivity index (χ0n) is 10.1. The van der Waals surface area contributed by atoms with Gasteiger partial charge in [0.05, 0.1) is 5.71 Å². The number of hydrogen-bond donors (Lipinski definition) is 1. The number of fused-ring (bicyclic) bond motifs is 1. The van der Waals surface area contributed by atoms with Crippen molar-refractivity contribution < 1.29 is 5.21 Å². The molecule has 0 aliphatic heterocycles. The Balaban J connectivity index is 2.06. The van der Waals surface area contributed by atoms with Crippen molar-refractivity contribution >= 4 is 5.71 Å². The molecule has 1 N–H and O–H groups in total. The molecule has 2 aromatic carbocycles. The molecule has 2 heteroatoms. The first kappa shape index (κ1) is 11.0. The summed E-state index contributed by atoms with van der Waals surface area (Å²) in [5.41, 5.74) is 4.38. The van der Waals surface area contributed by atoms with Crippen molar-refractivity contribution in [3.63, 3.8) is 0 Å². The Labute approximate surface area is 107 Å². The second kappa shape index (κ2) is 4.65. The Morgan fingerprint density at radius 3 is 2.44 bits per heavy atom. The van der Waals surface area contributed by atoms with Crippen molar-refractivity contribution in [3.05, 3.63) is 71.3 Å². The van der Waals surface area contributed by atoms with Crippen LogP contribution in [0.3, 0.4) is 0 Å². The smallest absolute Gasteiger partial charge is 0.0945 e. The highest BCUT2D eigenvalue weighted by Crippen LogP contribution is 2.32. The summed E-state index contributed by atoms with van der Waals surface area (Å²) in [6.45, 7) is 0. The van der Waals surface area contributed by atoms with Crippen LogP contribution < -0.4 is 0 Å². The average Bonchev–Trinajstić information content (AvgIpc) is 2.47. The minimum Gasteiger partial charge on any atom is -0.411 e. The van der Waals surface area contributed by atoms with Gasteiger partial charge < -0.3 is 5.21 Å². The summed E-state index contributed by atoms with van der Waals surface area (Å²) in [5.74, 6) is 0.200. The third-order valence-corrected chi connectivity index (χ3v) is 3.64. The lowest BCUT2D eigenvalue weighted by Gasteiger charge is -2.25. The normalized spacial score (nSPS) is 20.7. The van der Waals surface area contributed by atoms with E-state index in [4.69, 9.17) is 0 Å². The summed E-state index contributed by atoms with van der Waals surface area (Å²) in [4.78, 5) is 0. The fraction of sp³-hybridized carbons (Fsp3) is 0.188. The number of hydrogen-bond acceptors (Lipinski definition) is 2. The largest absolute Gasteiger partial charge is 0.411 e. The fourth-order valence-electron chi connectivity index (χ4n) is 2.75. The molecule has 0 saturated carbocycles. The Kier molecular flexibility index (Phi) is 2.85. The van der Waals surface area contributed by atoms with E-state index in [9.17, 15) is 5.21 Å². The highest BCUT2D eigenvalue weighted by molar-refractivity contribution is 6.06. The Bertz CT molecular complexity index is 575. The SMILES string of the molecule is ON=C1c2ccccc2CCC1c1ccccc1. The molecule has 1 atom stereocenters. The molecule has 0 bridgehead atoms. The second-order valence-corrected chi connectivity index (χ2v) is 4.64. The van der Waals surface area contributed by atoms with Crippen molar-refractivity contribution in [2.45, 2.75) is 18.8 Å². The standard InChI is InChI=1S/C16H15NO/c18-17-16-14-9-5-4-8-13(14)10-11-15(16)12-6-2-1-3-7-12/h1-9,15,18H,10-11H2. The molecule has 2 nitrogen and oxygen atoms in total. The molecule has 2 aromatic rings. The van der Waals surface area contributed by atoms with Gasteiger partial charge in [0.25, 0.3) is 0 Å². The highest BCUT2D eigenvalue weighted by Gasteiger charge is 2.26. The first-order valence-electron chi connectivity index (χ1n) is 6.25. The second-order valence-electron chi connectivity index (χ2n) is 4.64. The van der Waals surface area contributed by atoms with Gasteiger partial charge >= 0.3 is 0 Å². The van der Waals surface area contributed by atoms with Gasteiger partial charge in [0.2, 0.25) is 0 Å². The third kappa shape index (κ3) is 1.80. The predicted molar refractivity (Wildman–Crippen MR) is 72.3 cm³/mol. The van der Waals surface area contributed by atoms with Crippen LogP contribution in [0.4, 0.5) is 0 Å². The Morgan fingerprint density at radius 1 is 0.944 bits per heavy atom. The summed E-state index contributed by atoms with van der Waals surface area (Å²) in [7, 11) is 0.